The largest absolute Gasteiger partial charge is 0.274 e. The van der Waals surface area contributed by atoms with E-state index in [-0.39, 0.29) is 12.0 Å². The van der Waals surface area contributed by atoms with E-state index in [0.29, 0.717) is 9.93 Å². The molecule has 0 radical (unpaired) electrons. The van der Waals surface area contributed by atoms with E-state index in [0.717, 1.165) is 6.92 Å². The minimum Gasteiger partial charge on any atom is -0.247 e. The second-order valence-electron chi connectivity index (χ2n) is 3.53. The number of halogens is 2. The molecule has 0 saturated heterocycles. The van der Waals surface area contributed by atoms with E-state index < -0.39 is 16.7 Å². The maximum absolute atomic E-state index is 12.8. The summed E-state index contributed by atoms with van der Waals surface area (Å²) in [6.07, 6.45) is 1.57. The zero-order valence-corrected chi connectivity index (χ0v) is 9.35. The van der Waals surface area contributed by atoms with E-state index in [1.807, 2.05) is 0 Å². The van der Waals surface area contributed by atoms with Crippen molar-refractivity contribution in [2.45, 2.75) is 24.3 Å². The van der Waals surface area contributed by atoms with Crippen molar-refractivity contribution in [3.8, 4) is 0 Å². The number of pyridine rings is 1. The van der Waals surface area contributed by atoms with Gasteiger partial charge in [-0.25, -0.2) is 18.0 Å². The highest BCUT2D eigenvalue weighted by atomic mass is 32.2. The molecule has 1 atom stereocenters. The zero-order valence-electron chi connectivity index (χ0n) is 8.54. The molecule has 0 aromatic carbocycles. The highest BCUT2D eigenvalue weighted by molar-refractivity contribution is 7.89. The van der Waals surface area contributed by atoms with Crippen molar-refractivity contribution in [1.29, 1.82) is 0 Å². The van der Waals surface area contributed by atoms with Crippen molar-refractivity contribution in [2.24, 2.45) is 0 Å². The fourth-order valence-corrected chi connectivity index (χ4v) is 2.37. The average Bonchev–Trinajstić information content (AvgIpc) is 2.14. The van der Waals surface area contributed by atoms with Crippen LogP contribution in [-0.2, 0) is 10.8 Å². The van der Waals surface area contributed by atoms with Crippen LogP contribution in [0.5, 0.6) is 0 Å². The predicted octanol–water partition coefficient (Wildman–Crippen LogP) is 2.66. The van der Waals surface area contributed by atoms with Crippen molar-refractivity contribution in [3.63, 3.8) is 0 Å². The van der Waals surface area contributed by atoms with E-state index in [2.05, 4.69) is 10.7 Å². The number of aromatic nitrogens is 1. The molecular weight excluding hydrogens is 232 g/mol. The molecule has 0 aliphatic heterocycles. The SMILES string of the molecule is CC(F)(F)C1=C=C(S(=O)c2ccccn2)C1. The maximum Gasteiger partial charge on any atom is 0.274 e. The van der Waals surface area contributed by atoms with Crippen molar-refractivity contribution >= 4 is 10.8 Å². The Morgan fingerprint density at radius 3 is 2.69 bits per heavy atom. The van der Waals surface area contributed by atoms with Crippen LogP contribution >= 0.6 is 0 Å². The second-order valence-corrected chi connectivity index (χ2v) is 4.98. The minimum absolute atomic E-state index is 0.0483. The van der Waals surface area contributed by atoms with E-state index >= 15 is 0 Å². The molecule has 84 valence electrons. The van der Waals surface area contributed by atoms with Crippen LogP contribution in [0.15, 0.2) is 45.6 Å². The lowest BCUT2D eigenvalue weighted by molar-refractivity contribution is 0.0597. The summed E-state index contributed by atoms with van der Waals surface area (Å²) in [5, 5.41) is 0.378. The Labute approximate surface area is 94.2 Å². The molecule has 1 aromatic heterocycles. The van der Waals surface area contributed by atoms with E-state index in [1.165, 1.54) is 6.20 Å². The highest BCUT2D eigenvalue weighted by Gasteiger charge is 2.34. The van der Waals surface area contributed by atoms with Gasteiger partial charge in [0.15, 0.2) is 0 Å². The van der Waals surface area contributed by atoms with Crippen LogP contribution in [0, 0.1) is 0 Å². The third-order valence-electron chi connectivity index (χ3n) is 2.21. The molecule has 0 fully saturated rings. The molecule has 0 bridgehead atoms. The van der Waals surface area contributed by atoms with E-state index in [1.54, 1.807) is 18.2 Å². The third-order valence-corrected chi connectivity index (χ3v) is 3.52. The van der Waals surface area contributed by atoms with Gasteiger partial charge in [0.05, 0.1) is 4.91 Å². The van der Waals surface area contributed by atoms with Gasteiger partial charge in [0.25, 0.3) is 5.92 Å². The molecular formula is C11H9F2NOS. The zero-order chi connectivity index (χ0) is 11.8. The summed E-state index contributed by atoms with van der Waals surface area (Å²) in [4.78, 5) is 4.30. The lowest BCUT2D eigenvalue weighted by Gasteiger charge is -2.19. The van der Waals surface area contributed by atoms with Crippen LogP contribution in [0.3, 0.4) is 0 Å². The molecule has 1 aliphatic rings. The van der Waals surface area contributed by atoms with Gasteiger partial charge in [0.2, 0.25) is 0 Å². The second kappa shape index (κ2) is 3.92. The van der Waals surface area contributed by atoms with Crippen molar-refractivity contribution in [1.82, 2.24) is 4.98 Å². The molecule has 0 spiro atoms. The van der Waals surface area contributed by atoms with Crippen molar-refractivity contribution in [2.75, 3.05) is 0 Å². The van der Waals surface area contributed by atoms with Gasteiger partial charge in [0, 0.05) is 25.1 Å². The monoisotopic (exact) mass is 241 g/mol. The van der Waals surface area contributed by atoms with E-state index in [9.17, 15) is 13.0 Å². The Balaban J connectivity index is 2.26. The molecule has 1 aliphatic carbocycles. The summed E-state index contributed by atoms with van der Waals surface area (Å²) in [5.74, 6) is -2.86. The molecule has 1 unspecified atom stereocenters. The fraction of sp³-hybridized carbons (Fsp3) is 0.273. The normalized spacial score (nSPS) is 17.2. The van der Waals surface area contributed by atoms with Gasteiger partial charge >= 0.3 is 0 Å². The number of hydrogen-bond donors (Lipinski definition) is 0. The van der Waals surface area contributed by atoms with E-state index in [4.69, 9.17) is 0 Å². The highest BCUT2D eigenvalue weighted by Crippen LogP contribution is 2.35. The fourth-order valence-electron chi connectivity index (χ4n) is 1.27. The van der Waals surface area contributed by atoms with Crippen LogP contribution in [0.25, 0.3) is 0 Å². The lowest BCUT2D eigenvalue weighted by Crippen LogP contribution is -2.19. The van der Waals surface area contributed by atoms with Gasteiger partial charge in [-0.2, -0.15) is 0 Å². The number of hydrogen-bond acceptors (Lipinski definition) is 2. The average molecular weight is 241 g/mol. The summed E-state index contributed by atoms with van der Waals surface area (Å²) < 4.78 is 37.3. The van der Waals surface area contributed by atoms with Crippen LogP contribution in [0.1, 0.15) is 13.3 Å². The lowest BCUT2D eigenvalue weighted by atomic mass is 10.0. The van der Waals surface area contributed by atoms with Gasteiger partial charge in [-0.05, 0) is 12.1 Å². The van der Waals surface area contributed by atoms with Crippen LogP contribution < -0.4 is 0 Å². The summed E-state index contributed by atoms with van der Waals surface area (Å²) in [6.45, 7) is 0.815. The van der Waals surface area contributed by atoms with Crippen LogP contribution in [-0.4, -0.2) is 15.1 Å². The predicted molar refractivity (Wildman–Crippen MR) is 56.4 cm³/mol. The Kier molecular flexibility index (Phi) is 2.74. The first kappa shape index (κ1) is 11.2. The maximum atomic E-state index is 12.8. The van der Waals surface area contributed by atoms with Crippen molar-refractivity contribution < 1.29 is 13.0 Å². The van der Waals surface area contributed by atoms with Gasteiger partial charge in [-0.15, -0.1) is 5.73 Å². The molecule has 1 heterocycles. The first-order valence-electron chi connectivity index (χ1n) is 4.68. The molecule has 0 saturated carbocycles. The number of nitrogens with zero attached hydrogens (tertiary/aromatic N) is 1. The molecule has 1 aromatic rings. The summed E-state index contributed by atoms with van der Waals surface area (Å²) in [6, 6.07) is 5.02. The number of alkyl halides is 2. The first-order chi connectivity index (χ1) is 7.48. The minimum atomic E-state index is -2.86. The Morgan fingerprint density at radius 2 is 2.19 bits per heavy atom. The van der Waals surface area contributed by atoms with Gasteiger partial charge < -0.3 is 0 Å². The summed E-state index contributed by atoms with van der Waals surface area (Å²) in [5.41, 5.74) is 2.37. The van der Waals surface area contributed by atoms with Gasteiger partial charge in [-0.1, -0.05) is 6.07 Å². The van der Waals surface area contributed by atoms with Crippen LogP contribution in [0.4, 0.5) is 8.78 Å². The molecule has 5 heteroatoms. The molecule has 2 nitrogen and oxygen atoms in total. The quantitative estimate of drug-likeness (QED) is 0.761. The standard InChI is InChI=1S/C11H9F2NOS/c1-11(12,13)8-6-9(7-8)16(15)10-4-2-3-5-14-10/h2-5H,6H2,1H3. The molecule has 0 amide bonds. The molecule has 2 rings (SSSR count). The van der Waals surface area contributed by atoms with Gasteiger partial charge in [0.1, 0.15) is 15.8 Å². The van der Waals surface area contributed by atoms with Crippen molar-refractivity contribution in [3.05, 3.63) is 40.6 Å². The smallest absolute Gasteiger partial charge is 0.247 e. The first-order valence-corrected chi connectivity index (χ1v) is 5.83. The third kappa shape index (κ3) is 2.10. The number of rotatable bonds is 3. The molecule has 16 heavy (non-hydrogen) atoms. The van der Waals surface area contributed by atoms with Gasteiger partial charge in [-0.3, -0.25) is 0 Å². The summed E-state index contributed by atoms with van der Waals surface area (Å²) in [7, 11) is -1.46. The van der Waals surface area contributed by atoms with Crippen LogP contribution in [0.2, 0.25) is 0 Å². The molecule has 0 N–H and O–H groups in total. The summed E-state index contributed by atoms with van der Waals surface area (Å²) >= 11 is 0. The topological polar surface area (TPSA) is 30.0 Å². The Morgan fingerprint density at radius 1 is 1.50 bits per heavy atom. The Hall–Kier alpha value is -1.32. The Bertz CT molecular complexity index is 498. The number of allylic oxidation sites excluding steroid dienone is 1.